The minimum absolute atomic E-state index is 0.0765. The molecule has 2 aromatic carbocycles. The predicted octanol–water partition coefficient (Wildman–Crippen LogP) is 2.79. The van der Waals surface area contributed by atoms with E-state index >= 15 is 0 Å². The number of hydrogen-bond acceptors (Lipinski definition) is 6. The highest BCUT2D eigenvalue weighted by molar-refractivity contribution is 5.81. The third-order valence-corrected chi connectivity index (χ3v) is 3.21. The van der Waals surface area contributed by atoms with Crippen molar-refractivity contribution < 1.29 is 18.7 Å². The fourth-order valence-electron chi connectivity index (χ4n) is 2.18. The van der Waals surface area contributed by atoms with E-state index in [1.54, 1.807) is 42.5 Å². The predicted molar refractivity (Wildman–Crippen MR) is 83.6 cm³/mol. The van der Waals surface area contributed by atoms with Gasteiger partial charge in [-0.15, -0.1) is 0 Å². The largest absolute Gasteiger partial charge is 0.497 e. The van der Waals surface area contributed by atoms with Crippen molar-refractivity contribution in [1.82, 2.24) is 4.98 Å². The first-order valence-electron chi connectivity index (χ1n) is 6.85. The highest BCUT2D eigenvalue weighted by atomic mass is 16.5. The first kappa shape index (κ1) is 14.8. The zero-order chi connectivity index (χ0) is 16.4. The highest BCUT2D eigenvalue weighted by Crippen LogP contribution is 2.29. The van der Waals surface area contributed by atoms with Crippen molar-refractivity contribution in [3.8, 4) is 23.0 Å². The minimum atomic E-state index is -0.523. The summed E-state index contributed by atoms with van der Waals surface area (Å²) in [6.07, 6.45) is 0. The Hall–Kier alpha value is -3.15. The molecule has 0 N–H and O–H groups in total. The van der Waals surface area contributed by atoms with Gasteiger partial charge in [0, 0.05) is 13.0 Å². The summed E-state index contributed by atoms with van der Waals surface area (Å²) >= 11 is 0. The molecule has 3 rings (SSSR count). The lowest BCUT2D eigenvalue weighted by Gasteiger charge is -2.08. The van der Waals surface area contributed by atoms with Gasteiger partial charge in [-0.2, -0.15) is 0 Å². The first-order chi connectivity index (χ1) is 11.1. The summed E-state index contributed by atoms with van der Waals surface area (Å²) in [6, 6.07) is 11.6. The van der Waals surface area contributed by atoms with E-state index in [2.05, 4.69) is 4.98 Å². The van der Waals surface area contributed by atoms with Crippen molar-refractivity contribution >= 4 is 16.9 Å². The Labute approximate surface area is 131 Å². The van der Waals surface area contributed by atoms with Crippen molar-refractivity contribution in [1.29, 1.82) is 0 Å². The number of para-hydroxylation sites is 1. The molecular weight excluding hydrogens is 298 g/mol. The van der Waals surface area contributed by atoms with Crippen LogP contribution < -0.4 is 15.1 Å². The third kappa shape index (κ3) is 2.91. The number of benzene rings is 2. The molecule has 0 amide bonds. The smallest absolute Gasteiger partial charge is 0.347 e. The number of aromatic nitrogens is 1. The van der Waals surface area contributed by atoms with Gasteiger partial charge in [-0.3, -0.25) is 4.79 Å². The lowest BCUT2D eigenvalue weighted by molar-refractivity contribution is -0.131. The molecule has 1 heterocycles. The van der Waals surface area contributed by atoms with Gasteiger partial charge < -0.3 is 13.9 Å². The van der Waals surface area contributed by atoms with Crippen LogP contribution in [0.3, 0.4) is 0 Å². The van der Waals surface area contributed by atoms with Crippen LogP contribution in [0.15, 0.2) is 51.7 Å². The van der Waals surface area contributed by atoms with Gasteiger partial charge in [0.2, 0.25) is 5.89 Å². The van der Waals surface area contributed by atoms with Crippen molar-refractivity contribution in [3.63, 3.8) is 0 Å². The number of hydrogen-bond donors (Lipinski definition) is 0. The summed E-state index contributed by atoms with van der Waals surface area (Å²) in [6.45, 7) is 1.30. The molecule has 23 heavy (non-hydrogen) atoms. The highest BCUT2D eigenvalue weighted by Gasteiger charge is 2.14. The monoisotopic (exact) mass is 311 g/mol. The number of esters is 1. The molecule has 0 radical (unpaired) electrons. The number of ether oxygens (including phenoxy) is 2. The lowest BCUT2D eigenvalue weighted by atomic mass is 10.2. The summed E-state index contributed by atoms with van der Waals surface area (Å²) in [5, 5.41) is 0.347. The minimum Gasteiger partial charge on any atom is -0.497 e. The summed E-state index contributed by atoms with van der Waals surface area (Å²) in [4.78, 5) is 27.7. The van der Waals surface area contributed by atoms with Crippen molar-refractivity contribution in [2.75, 3.05) is 7.11 Å². The van der Waals surface area contributed by atoms with Crippen LogP contribution in [0.4, 0.5) is 0 Å². The molecular formula is C17H13NO5. The van der Waals surface area contributed by atoms with Crippen molar-refractivity contribution in [2.45, 2.75) is 6.92 Å². The second-order valence-corrected chi connectivity index (χ2v) is 4.78. The molecule has 0 saturated carbocycles. The average Bonchev–Trinajstić information content (AvgIpc) is 2.54. The Morgan fingerprint density at radius 1 is 1.17 bits per heavy atom. The quantitative estimate of drug-likeness (QED) is 0.546. The molecule has 0 unspecified atom stereocenters. The van der Waals surface area contributed by atoms with Gasteiger partial charge in [-0.25, -0.2) is 9.78 Å². The number of nitrogens with zero attached hydrogens (tertiary/aromatic N) is 1. The molecule has 0 spiro atoms. The maximum Gasteiger partial charge on any atom is 0.347 e. The summed E-state index contributed by atoms with van der Waals surface area (Å²) in [5.74, 6) is 0.461. The molecule has 6 nitrogen and oxygen atoms in total. The molecule has 1 aromatic heterocycles. The van der Waals surface area contributed by atoms with E-state index in [0.717, 1.165) is 0 Å². The van der Waals surface area contributed by atoms with Crippen LogP contribution in [0.2, 0.25) is 0 Å². The molecule has 3 aromatic rings. The van der Waals surface area contributed by atoms with Gasteiger partial charge >= 0.3 is 11.6 Å². The summed E-state index contributed by atoms with van der Waals surface area (Å²) in [5.41, 5.74) is 0.336. The van der Waals surface area contributed by atoms with Crippen LogP contribution in [0.5, 0.6) is 11.5 Å². The Morgan fingerprint density at radius 3 is 2.70 bits per heavy atom. The second-order valence-electron chi connectivity index (χ2n) is 4.78. The standard InChI is InChI=1S/C17H13NO5/c1-10(19)22-15-6-4-3-5-13(15)16-18-14-9-11(21-2)7-8-12(14)17(20)23-16/h3-9H,1-2H3. The number of rotatable bonds is 3. The molecule has 0 saturated heterocycles. The number of carbonyl (C=O) groups excluding carboxylic acids is 1. The van der Waals surface area contributed by atoms with Crippen LogP contribution in [0.1, 0.15) is 6.92 Å². The molecule has 0 aliphatic carbocycles. The van der Waals surface area contributed by atoms with E-state index in [1.807, 2.05) is 0 Å². The SMILES string of the molecule is COc1ccc2c(=O)oc(-c3ccccc3OC(C)=O)nc2c1. The Bertz CT molecular complexity index is 945. The fraction of sp³-hybridized carbons (Fsp3) is 0.118. The van der Waals surface area contributed by atoms with Gasteiger partial charge in [0.15, 0.2) is 0 Å². The second kappa shape index (κ2) is 5.92. The van der Waals surface area contributed by atoms with Crippen LogP contribution >= 0.6 is 0 Å². The molecule has 0 aliphatic rings. The van der Waals surface area contributed by atoms with Crippen LogP contribution in [0.25, 0.3) is 22.4 Å². The number of carbonyl (C=O) groups is 1. The van der Waals surface area contributed by atoms with Crippen molar-refractivity contribution in [2.24, 2.45) is 0 Å². The number of fused-ring (bicyclic) bond motifs is 1. The van der Waals surface area contributed by atoms with Crippen molar-refractivity contribution in [3.05, 3.63) is 52.9 Å². The van der Waals surface area contributed by atoms with E-state index in [9.17, 15) is 9.59 Å². The lowest BCUT2D eigenvalue weighted by Crippen LogP contribution is -2.06. The van der Waals surface area contributed by atoms with E-state index in [0.29, 0.717) is 22.2 Å². The van der Waals surface area contributed by atoms with Gasteiger partial charge in [0.05, 0.1) is 23.6 Å². The Morgan fingerprint density at radius 2 is 1.96 bits per heavy atom. The van der Waals surface area contributed by atoms with Crippen LogP contribution in [-0.2, 0) is 4.79 Å². The molecule has 0 bridgehead atoms. The zero-order valence-electron chi connectivity index (χ0n) is 12.5. The van der Waals surface area contributed by atoms with E-state index in [4.69, 9.17) is 13.9 Å². The van der Waals surface area contributed by atoms with Crippen LogP contribution in [-0.4, -0.2) is 18.1 Å². The van der Waals surface area contributed by atoms with E-state index in [1.165, 1.54) is 14.0 Å². The van der Waals surface area contributed by atoms with Gasteiger partial charge in [0.25, 0.3) is 0 Å². The number of methoxy groups -OCH3 is 1. The molecule has 0 atom stereocenters. The maximum absolute atomic E-state index is 12.2. The van der Waals surface area contributed by atoms with Gasteiger partial charge in [0.1, 0.15) is 11.5 Å². The third-order valence-electron chi connectivity index (χ3n) is 3.21. The Balaban J connectivity index is 2.21. The topological polar surface area (TPSA) is 78.6 Å². The normalized spacial score (nSPS) is 10.5. The molecule has 116 valence electrons. The van der Waals surface area contributed by atoms with Gasteiger partial charge in [-0.1, -0.05) is 12.1 Å². The molecule has 6 heteroatoms. The van der Waals surface area contributed by atoms with E-state index < -0.39 is 11.6 Å². The molecule has 0 fully saturated rings. The van der Waals surface area contributed by atoms with E-state index in [-0.39, 0.29) is 11.6 Å². The zero-order valence-corrected chi connectivity index (χ0v) is 12.5. The summed E-state index contributed by atoms with van der Waals surface area (Å²) < 4.78 is 15.5. The first-order valence-corrected chi connectivity index (χ1v) is 6.85. The summed E-state index contributed by atoms with van der Waals surface area (Å²) in [7, 11) is 1.53. The van der Waals surface area contributed by atoms with Gasteiger partial charge in [-0.05, 0) is 24.3 Å². The van der Waals surface area contributed by atoms with Crippen LogP contribution in [0, 0.1) is 0 Å². The maximum atomic E-state index is 12.2. The average molecular weight is 311 g/mol. The fourth-order valence-corrected chi connectivity index (χ4v) is 2.18. The Kier molecular flexibility index (Phi) is 3.80. The molecule has 0 aliphatic heterocycles.